The molecule has 1 aliphatic heterocycles. The van der Waals surface area contributed by atoms with Crippen LogP contribution in [0.5, 0.6) is 5.75 Å². The Morgan fingerprint density at radius 3 is 2.34 bits per heavy atom. The molecule has 0 saturated carbocycles. The summed E-state index contributed by atoms with van der Waals surface area (Å²) >= 11 is 0. The lowest BCUT2D eigenvalue weighted by Gasteiger charge is -2.27. The predicted octanol–water partition coefficient (Wildman–Crippen LogP) is 5.16. The fourth-order valence-electron chi connectivity index (χ4n) is 3.78. The Bertz CT molecular complexity index is 1060. The van der Waals surface area contributed by atoms with Gasteiger partial charge in [0.05, 0.1) is 5.69 Å². The lowest BCUT2D eigenvalue weighted by molar-refractivity contribution is -0.122. The van der Waals surface area contributed by atoms with Gasteiger partial charge in [-0.05, 0) is 87.6 Å². The van der Waals surface area contributed by atoms with Gasteiger partial charge in [0.1, 0.15) is 5.75 Å². The first kappa shape index (κ1) is 21.8. The zero-order valence-corrected chi connectivity index (χ0v) is 19.0. The number of hydrogen-bond donors (Lipinski definition) is 1. The highest BCUT2D eigenvalue weighted by molar-refractivity contribution is 5.94. The smallest absolute Gasteiger partial charge is 0.265 e. The standard InChI is InChI=1S/C26H30N4O2/c1-18-7-12-23(17-19(18)2)32-20(3)26(31)27-22-10-8-21(9-11-22)24-13-14-25(29-28-24)30-15-5-4-6-16-30/h7-14,17,20H,4-6,15-16H2,1-3H3,(H,27,31). The van der Waals surface area contributed by atoms with Crippen LogP contribution in [-0.2, 0) is 4.79 Å². The van der Waals surface area contributed by atoms with Gasteiger partial charge in [0.15, 0.2) is 11.9 Å². The van der Waals surface area contributed by atoms with Gasteiger partial charge in [-0.1, -0.05) is 18.2 Å². The molecule has 1 unspecified atom stereocenters. The van der Waals surface area contributed by atoms with Gasteiger partial charge >= 0.3 is 0 Å². The summed E-state index contributed by atoms with van der Waals surface area (Å²) in [6, 6.07) is 17.5. The van der Waals surface area contributed by atoms with Gasteiger partial charge in [-0.3, -0.25) is 4.79 Å². The average molecular weight is 431 g/mol. The second-order valence-corrected chi connectivity index (χ2v) is 8.40. The van der Waals surface area contributed by atoms with Crippen molar-refractivity contribution in [2.24, 2.45) is 0 Å². The number of ether oxygens (including phenoxy) is 1. The van der Waals surface area contributed by atoms with E-state index in [0.717, 1.165) is 35.7 Å². The average Bonchev–Trinajstić information content (AvgIpc) is 2.82. The summed E-state index contributed by atoms with van der Waals surface area (Å²) in [6.07, 6.45) is 3.11. The first-order valence-corrected chi connectivity index (χ1v) is 11.2. The number of aryl methyl sites for hydroxylation is 2. The van der Waals surface area contributed by atoms with Crippen LogP contribution in [0.25, 0.3) is 11.3 Å². The first-order valence-electron chi connectivity index (χ1n) is 11.2. The quantitative estimate of drug-likeness (QED) is 0.585. The van der Waals surface area contributed by atoms with Crippen molar-refractivity contribution in [3.63, 3.8) is 0 Å². The second-order valence-electron chi connectivity index (χ2n) is 8.40. The monoisotopic (exact) mass is 430 g/mol. The molecule has 0 radical (unpaired) electrons. The fraction of sp³-hybridized carbons (Fsp3) is 0.346. The van der Waals surface area contributed by atoms with E-state index in [1.54, 1.807) is 6.92 Å². The highest BCUT2D eigenvalue weighted by atomic mass is 16.5. The molecule has 1 aliphatic rings. The van der Waals surface area contributed by atoms with Crippen LogP contribution in [0.15, 0.2) is 54.6 Å². The molecule has 6 heteroatoms. The van der Waals surface area contributed by atoms with E-state index < -0.39 is 6.10 Å². The normalized spacial score (nSPS) is 14.7. The minimum absolute atomic E-state index is 0.193. The van der Waals surface area contributed by atoms with Crippen LogP contribution in [0.2, 0.25) is 0 Å². The maximum absolute atomic E-state index is 12.5. The number of hydrogen-bond acceptors (Lipinski definition) is 5. The minimum atomic E-state index is -0.606. The molecule has 2 heterocycles. The van der Waals surface area contributed by atoms with Gasteiger partial charge < -0.3 is 15.0 Å². The number of carbonyl (C=O) groups excluding carboxylic acids is 1. The van der Waals surface area contributed by atoms with Crippen molar-refractivity contribution < 1.29 is 9.53 Å². The van der Waals surface area contributed by atoms with Crippen molar-refractivity contribution in [3.8, 4) is 17.0 Å². The fourth-order valence-corrected chi connectivity index (χ4v) is 3.78. The van der Waals surface area contributed by atoms with Gasteiger partial charge in [-0.2, -0.15) is 0 Å². The molecule has 1 fully saturated rings. The van der Waals surface area contributed by atoms with Gasteiger partial charge in [-0.25, -0.2) is 0 Å². The Balaban J connectivity index is 1.35. The lowest BCUT2D eigenvalue weighted by Crippen LogP contribution is -2.30. The molecular weight excluding hydrogens is 400 g/mol. The van der Waals surface area contributed by atoms with Crippen LogP contribution in [-0.4, -0.2) is 35.3 Å². The summed E-state index contributed by atoms with van der Waals surface area (Å²) in [7, 11) is 0. The minimum Gasteiger partial charge on any atom is -0.481 e. The van der Waals surface area contributed by atoms with E-state index >= 15 is 0 Å². The topological polar surface area (TPSA) is 67.3 Å². The predicted molar refractivity (Wildman–Crippen MR) is 128 cm³/mol. The molecule has 0 bridgehead atoms. The molecule has 1 atom stereocenters. The Morgan fingerprint density at radius 1 is 0.938 bits per heavy atom. The second kappa shape index (κ2) is 9.81. The van der Waals surface area contributed by atoms with Crippen LogP contribution >= 0.6 is 0 Å². The van der Waals surface area contributed by atoms with E-state index in [1.165, 1.54) is 24.8 Å². The largest absolute Gasteiger partial charge is 0.481 e. The molecular formula is C26H30N4O2. The lowest BCUT2D eigenvalue weighted by atomic mass is 10.1. The Labute approximate surface area is 189 Å². The summed E-state index contributed by atoms with van der Waals surface area (Å²) in [6.45, 7) is 7.92. The molecule has 32 heavy (non-hydrogen) atoms. The Hall–Kier alpha value is -3.41. The summed E-state index contributed by atoms with van der Waals surface area (Å²) in [5.41, 5.74) is 4.82. The molecule has 166 valence electrons. The van der Waals surface area contributed by atoms with Crippen molar-refractivity contribution in [1.29, 1.82) is 0 Å². The van der Waals surface area contributed by atoms with E-state index in [9.17, 15) is 4.79 Å². The number of nitrogens with one attached hydrogen (secondary N) is 1. The molecule has 3 aromatic rings. The number of anilines is 2. The number of benzene rings is 2. The van der Waals surface area contributed by atoms with Gasteiger partial charge in [-0.15, -0.1) is 10.2 Å². The molecule has 2 aromatic carbocycles. The third kappa shape index (κ3) is 5.25. The third-order valence-corrected chi connectivity index (χ3v) is 5.94. The number of rotatable bonds is 6. The van der Waals surface area contributed by atoms with Gasteiger partial charge in [0.25, 0.3) is 5.91 Å². The molecule has 0 aliphatic carbocycles. The zero-order chi connectivity index (χ0) is 22.5. The van der Waals surface area contributed by atoms with Gasteiger partial charge in [0.2, 0.25) is 0 Å². The summed E-state index contributed by atoms with van der Waals surface area (Å²) < 4.78 is 5.80. The highest BCUT2D eigenvalue weighted by Gasteiger charge is 2.16. The molecule has 0 spiro atoms. The molecule has 4 rings (SSSR count). The van der Waals surface area contributed by atoms with Gasteiger partial charge in [0, 0.05) is 24.3 Å². The van der Waals surface area contributed by atoms with Crippen LogP contribution in [0, 0.1) is 13.8 Å². The van der Waals surface area contributed by atoms with E-state index in [-0.39, 0.29) is 5.91 Å². The maximum Gasteiger partial charge on any atom is 0.265 e. The first-order chi connectivity index (χ1) is 15.5. The zero-order valence-electron chi connectivity index (χ0n) is 19.0. The summed E-state index contributed by atoms with van der Waals surface area (Å²) in [4.78, 5) is 14.8. The molecule has 1 N–H and O–H groups in total. The summed E-state index contributed by atoms with van der Waals surface area (Å²) in [5, 5.41) is 11.7. The molecule has 6 nitrogen and oxygen atoms in total. The molecule has 1 amide bonds. The number of carbonyl (C=O) groups is 1. The Morgan fingerprint density at radius 2 is 1.69 bits per heavy atom. The van der Waals surface area contributed by atoms with Crippen molar-refractivity contribution >= 4 is 17.4 Å². The van der Waals surface area contributed by atoms with Crippen LogP contribution in [0.3, 0.4) is 0 Å². The van der Waals surface area contributed by atoms with E-state index in [4.69, 9.17) is 4.74 Å². The third-order valence-electron chi connectivity index (χ3n) is 5.94. The van der Waals surface area contributed by atoms with E-state index in [2.05, 4.69) is 20.4 Å². The van der Waals surface area contributed by atoms with Crippen molar-refractivity contribution in [3.05, 3.63) is 65.7 Å². The van der Waals surface area contributed by atoms with Crippen molar-refractivity contribution in [2.45, 2.75) is 46.1 Å². The van der Waals surface area contributed by atoms with Crippen molar-refractivity contribution in [2.75, 3.05) is 23.3 Å². The number of aromatic nitrogens is 2. The number of piperidine rings is 1. The number of nitrogens with zero attached hydrogens (tertiary/aromatic N) is 3. The van der Waals surface area contributed by atoms with Crippen molar-refractivity contribution in [1.82, 2.24) is 10.2 Å². The SMILES string of the molecule is Cc1ccc(OC(C)C(=O)Nc2ccc(-c3ccc(N4CCCCC4)nn3)cc2)cc1C. The highest BCUT2D eigenvalue weighted by Crippen LogP contribution is 2.23. The Kier molecular flexibility index (Phi) is 6.69. The van der Waals surface area contributed by atoms with Crippen LogP contribution < -0.4 is 15.0 Å². The van der Waals surface area contributed by atoms with Crippen LogP contribution in [0.1, 0.15) is 37.3 Å². The maximum atomic E-state index is 12.5. The van der Waals surface area contributed by atoms with Crippen LogP contribution in [0.4, 0.5) is 11.5 Å². The molecule has 1 aromatic heterocycles. The number of amides is 1. The van der Waals surface area contributed by atoms with E-state index in [0.29, 0.717) is 11.4 Å². The molecule has 1 saturated heterocycles. The van der Waals surface area contributed by atoms with E-state index in [1.807, 2.05) is 68.4 Å². The summed E-state index contributed by atoms with van der Waals surface area (Å²) in [5.74, 6) is 1.44.